The van der Waals surface area contributed by atoms with Crippen molar-refractivity contribution in [3.8, 4) is 17.4 Å². The van der Waals surface area contributed by atoms with Crippen LogP contribution in [0.4, 0.5) is 5.69 Å². The van der Waals surface area contributed by atoms with E-state index in [-0.39, 0.29) is 23.2 Å². The van der Waals surface area contributed by atoms with Gasteiger partial charge in [0.15, 0.2) is 11.5 Å². The van der Waals surface area contributed by atoms with E-state index in [1.54, 1.807) is 30.4 Å². The van der Waals surface area contributed by atoms with E-state index in [9.17, 15) is 14.9 Å². The normalized spacial score (nSPS) is 14.9. The molecule has 0 unspecified atom stereocenters. The van der Waals surface area contributed by atoms with Crippen LogP contribution in [0.5, 0.6) is 17.4 Å². The van der Waals surface area contributed by atoms with Gasteiger partial charge in [-0.3, -0.25) is 19.8 Å². The van der Waals surface area contributed by atoms with Crippen LogP contribution in [0.2, 0.25) is 0 Å². The number of pyridine rings is 1. The maximum atomic E-state index is 12.4. The van der Waals surface area contributed by atoms with Crippen LogP contribution in [0, 0.1) is 10.1 Å². The Kier molecular flexibility index (Phi) is 6.25. The van der Waals surface area contributed by atoms with Gasteiger partial charge in [0.1, 0.15) is 4.32 Å². The minimum Gasteiger partial charge on any atom is -0.493 e. The number of carbonyl (C=O) groups is 1. The Balaban J connectivity index is 1.89. The number of nitro groups is 1. The predicted octanol–water partition coefficient (Wildman–Crippen LogP) is 4.18. The standard InChI is InChI=1S/C19H15N3O5S2/c1-3-9-21-18(23)16(29-19(21)28)11-12-6-7-14(15(10-12)26-2)27-17-13(22(24)25)5-4-8-20-17/h3-8,10-11H,1,9H2,2H3. The third kappa shape index (κ3) is 4.44. The van der Waals surface area contributed by atoms with Crippen LogP contribution in [-0.2, 0) is 4.79 Å². The summed E-state index contributed by atoms with van der Waals surface area (Å²) in [5.41, 5.74) is 0.424. The summed E-state index contributed by atoms with van der Waals surface area (Å²) >= 11 is 6.43. The van der Waals surface area contributed by atoms with Gasteiger partial charge in [-0.2, -0.15) is 0 Å². The largest absolute Gasteiger partial charge is 0.493 e. The number of thioether (sulfide) groups is 1. The molecule has 1 aromatic heterocycles. The minimum atomic E-state index is -0.575. The van der Waals surface area contributed by atoms with E-state index in [2.05, 4.69) is 11.6 Å². The number of aromatic nitrogens is 1. The predicted molar refractivity (Wildman–Crippen MR) is 114 cm³/mol. The quantitative estimate of drug-likeness (QED) is 0.213. The Morgan fingerprint density at radius 1 is 1.38 bits per heavy atom. The third-order valence-electron chi connectivity index (χ3n) is 3.83. The molecule has 0 spiro atoms. The molecule has 1 aliphatic rings. The van der Waals surface area contributed by atoms with Gasteiger partial charge in [0.2, 0.25) is 0 Å². The molecule has 1 saturated heterocycles. The molecule has 0 atom stereocenters. The van der Waals surface area contributed by atoms with Crippen LogP contribution in [0.25, 0.3) is 6.08 Å². The summed E-state index contributed by atoms with van der Waals surface area (Å²) in [5, 5.41) is 11.1. The van der Waals surface area contributed by atoms with Crippen molar-refractivity contribution < 1.29 is 19.2 Å². The highest BCUT2D eigenvalue weighted by Crippen LogP contribution is 2.37. The van der Waals surface area contributed by atoms with Crippen molar-refractivity contribution in [2.24, 2.45) is 0 Å². The first-order chi connectivity index (χ1) is 13.9. The number of nitrogens with zero attached hydrogens (tertiary/aromatic N) is 3. The lowest BCUT2D eigenvalue weighted by Crippen LogP contribution is -2.27. The van der Waals surface area contributed by atoms with Crippen LogP contribution < -0.4 is 9.47 Å². The van der Waals surface area contributed by atoms with E-state index in [1.807, 2.05) is 0 Å². The summed E-state index contributed by atoms with van der Waals surface area (Å²) in [4.78, 5) is 28.9. The molecule has 0 saturated carbocycles. The Bertz CT molecular complexity index is 1040. The van der Waals surface area contributed by atoms with E-state index in [0.717, 1.165) is 0 Å². The molecule has 29 heavy (non-hydrogen) atoms. The van der Waals surface area contributed by atoms with Crippen LogP contribution in [0.1, 0.15) is 5.56 Å². The zero-order valence-electron chi connectivity index (χ0n) is 15.2. The van der Waals surface area contributed by atoms with Gasteiger partial charge in [0.25, 0.3) is 11.8 Å². The number of methoxy groups -OCH3 is 1. The smallest absolute Gasteiger partial charge is 0.331 e. The van der Waals surface area contributed by atoms with Crippen LogP contribution in [-0.4, -0.2) is 38.7 Å². The number of hydrogen-bond acceptors (Lipinski definition) is 8. The lowest BCUT2D eigenvalue weighted by molar-refractivity contribution is -0.386. The zero-order chi connectivity index (χ0) is 21.0. The molecule has 2 aromatic rings. The number of amides is 1. The van der Waals surface area contributed by atoms with Gasteiger partial charge in [-0.25, -0.2) is 4.98 Å². The first-order valence-corrected chi connectivity index (χ1v) is 9.48. The van der Waals surface area contributed by atoms with Gasteiger partial charge in [-0.1, -0.05) is 36.1 Å². The average molecular weight is 429 g/mol. The van der Waals surface area contributed by atoms with Crippen LogP contribution >= 0.6 is 24.0 Å². The second-order valence-electron chi connectivity index (χ2n) is 5.68. The summed E-state index contributed by atoms with van der Waals surface area (Å²) in [6.07, 6.45) is 4.70. The summed E-state index contributed by atoms with van der Waals surface area (Å²) in [6, 6.07) is 7.70. The van der Waals surface area contributed by atoms with Crippen LogP contribution in [0.3, 0.4) is 0 Å². The molecular formula is C19H15N3O5S2. The molecule has 1 aliphatic heterocycles. The topological polar surface area (TPSA) is 94.8 Å². The molecule has 1 amide bonds. The van der Waals surface area contributed by atoms with E-state index < -0.39 is 4.92 Å². The van der Waals surface area contributed by atoms with E-state index in [1.165, 1.54) is 42.1 Å². The van der Waals surface area contributed by atoms with E-state index in [0.29, 0.717) is 27.1 Å². The van der Waals surface area contributed by atoms with E-state index in [4.69, 9.17) is 21.7 Å². The van der Waals surface area contributed by atoms with E-state index >= 15 is 0 Å². The minimum absolute atomic E-state index is 0.145. The average Bonchev–Trinajstić information content (AvgIpc) is 2.97. The molecule has 0 bridgehead atoms. The highest BCUT2D eigenvalue weighted by atomic mass is 32.2. The van der Waals surface area contributed by atoms with Crippen molar-refractivity contribution >= 4 is 46.0 Å². The maximum Gasteiger partial charge on any atom is 0.331 e. The molecule has 1 aromatic carbocycles. The Morgan fingerprint density at radius 2 is 2.17 bits per heavy atom. The van der Waals surface area contributed by atoms with Gasteiger partial charge >= 0.3 is 5.69 Å². The van der Waals surface area contributed by atoms with Crippen molar-refractivity contribution in [2.45, 2.75) is 0 Å². The second-order valence-corrected chi connectivity index (χ2v) is 7.35. The fourth-order valence-electron chi connectivity index (χ4n) is 2.50. The van der Waals surface area contributed by atoms with Crippen molar-refractivity contribution in [1.29, 1.82) is 0 Å². The number of carbonyl (C=O) groups excluding carboxylic acids is 1. The molecule has 3 rings (SSSR count). The van der Waals surface area contributed by atoms with Crippen molar-refractivity contribution in [3.05, 3.63) is 69.8 Å². The monoisotopic (exact) mass is 429 g/mol. The number of benzene rings is 1. The zero-order valence-corrected chi connectivity index (χ0v) is 16.9. The molecule has 0 N–H and O–H groups in total. The Hall–Kier alpha value is -3.24. The Morgan fingerprint density at radius 3 is 2.86 bits per heavy atom. The molecular weight excluding hydrogens is 414 g/mol. The molecule has 2 heterocycles. The maximum absolute atomic E-state index is 12.4. The summed E-state index contributed by atoms with van der Waals surface area (Å²) in [7, 11) is 1.45. The fourth-order valence-corrected chi connectivity index (χ4v) is 3.78. The lowest BCUT2D eigenvalue weighted by atomic mass is 10.2. The summed E-state index contributed by atoms with van der Waals surface area (Å²) < 4.78 is 11.4. The summed E-state index contributed by atoms with van der Waals surface area (Å²) in [6.45, 7) is 3.97. The van der Waals surface area contributed by atoms with Gasteiger partial charge in [-0.15, -0.1) is 6.58 Å². The highest BCUT2D eigenvalue weighted by molar-refractivity contribution is 8.26. The van der Waals surface area contributed by atoms with Crippen molar-refractivity contribution in [3.63, 3.8) is 0 Å². The molecule has 0 aliphatic carbocycles. The molecule has 8 nitrogen and oxygen atoms in total. The molecule has 10 heteroatoms. The molecule has 148 valence electrons. The van der Waals surface area contributed by atoms with Gasteiger partial charge in [0, 0.05) is 18.8 Å². The first kappa shape index (κ1) is 20.5. The van der Waals surface area contributed by atoms with Gasteiger partial charge in [-0.05, 0) is 29.8 Å². The first-order valence-electron chi connectivity index (χ1n) is 8.26. The number of hydrogen-bond donors (Lipinski definition) is 0. The number of ether oxygens (including phenoxy) is 2. The third-order valence-corrected chi connectivity index (χ3v) is 5.20. The SMILES string of the molecule is C=CCN1C(=O)C(=Cc2ccc(Oc3ncccc3[N+](=O)[O-])c(OC)c2)SC1=S. The Labute approximate surface area is 176 Å². The fraction of sp³-hybridized carbons (Fsp3) is 0.105. The van der Waals surface area contributed by atoms with Gasteiger partial charge in [0.05, 0.1) is 16.9 Å². The molecule has 0 radical (unpaired) electrons. The number of thiocarbonyl (C=S) groups is 1. The van der Waals surface area contributed by atoms with Crippen LogP contribution in [0.15, 0.2) is 54.1 Å². The highest BCUT2D eigenvalue weighted by Gasteiger charge is 2.31. The second kappa shape index (κ2) is 8.84. The van der Waals surface area contributed by atoms with Crippen molar-refractivity contribution in [2.75, 3.05) is 13.7 Å². The van der Waals surface area contributed by atoms with Gasteiger partial charge < -0.3 is 9.47 Å². The molecule has 1 fully saturated rings. The lowest BCUT2D eigenvalue weighted by Gasteiger charge is -2.11. The number of rotatable bonds is 7. The summed E-state index contributed by atoms with van der Waals surface area (Å²) in [5.74, 6) is 0.253. The van der Waals surface area contributed by atoms with Crippen molar-refractivity contribution in [1.82, 2.24) is 9.88 Å².